The summed E-state index contributed by atoms with van der Waals surface area (Å²) in [6, 6.07) is 1.40. The van der Waals surface area contributed by atoms with Gasteiger partial charge in [-0.15, -0.1) is 0 Å². The minimum absolute atomic E-state index is 0.0314. The molecule has 5 heteroatoms. The third-order valence-electron chi connectivity index (χ3n) is 3.72. The highest BCUT2D eigenvalue weighted by molar-refractivity contribution is 5.98. The Hall–Kier alpha value is -1.91. The van der Waals surface area contributed by atoms with E-state index in [-0.39, 0.29) is 11.8 Å². The zero-order chi connectivity index (χ0) is 15.6. The number of carbonyl (C=O) groups is 2. The Bertz CT molecular complexity index is 542. The van der Waals surface area contributed by atoms with E-state index in [0.717, 1.165) is 12.1 Å². The summed E-state index contributed by atoms with van der Waals surface area (Å²) in [6.45, 7) is 9.81. The highest BCUT2D eigenvalue weighted by Gasteiger charge is 2.34. The second-order valence-corrected chi connectivity index (χ2v) is 6.10. The van der Waals surface area contributed by atoms with Crippen LogP contribution in [0.15, 0.2) is 18.5 Å². The van der Waals surface area contributed by atoms with Gasteiger partial charge in [-0.1, -0.05) is 13.8 Å². The average Bonchev–Trinajstić information content (AvgIpc) is 2.43. The highest BCUT2D eigenvalue weighted by Crippen LogP contribution is 2.16. The molecular weight excluding hydrogens is 266 g/mol. The summed E-state index contributed by atoms with van der Waals surface area (Å²) < 4.78 is 0. The molecule has 1 aromatic rings. The fraction of sp³-hybridized carbons (Fsp3) is 0.562. The lowest BCUT2D eigenvalue weighted by Crippen LogP contribution is -2.58. The molecule has 0 spiro atoms. The Morgan fingerprint density at radius 3 is 2.71 bits per heavy atom. The van der Waals surface area contributed by atoms with Crippen molar-refractivity contribution in [2.45, 2.75) is 33.7 Å². The Morgan fingerprint density at radius 1 is 1.38 bits per heavy atom. The molecule has 1 aromatic heterocycles. The molecule has 0 saturated carbocycles. The SMILES string of the molecule is Cc1cncc(C(=O)N2CCN(CC(C)C)C(=O)[C@H]2C)c1. The van der Waals surface area contributed by atoms with Gasteiger partial charge in [-0.25, -0.2) is 0 Å². The number of aryl methyl sites for hydroxylation is 1. The smallest absolute Gasteiger partial charge is 0.256 e. The van der Waals surface area contributed by atoms with E-state index < -0.39 is 6.04 Å². The Labute approximate surface area is 126 Å². The van der Waals surface area contributed by atoms with Crippen LogP contribution in [0.5, 0.6) is 0 Å². The number of amides is 2. The molecular formula is C16H23N3O2. The summed E-state index contributed by atoms with van der Waals surface area (Å²) in [5.41, 5.74) is 1.49. The van der Waals surface area contributed by atoms with E-state index in [2.05, 4.69) is 18.8 Å². The van der Waals surface area contributed by atoms with E-state index in [1.165, 1.54) is 0 Å². The van der Waals surface area contributed by atoms with Crippen LogP contribution in [0.1, 0.15) is 36.7 Å². The largest absolute Gasteiger partial charge is 0.339 e. The van der Waals surface area contributed by atoms with Crippen LogP contribution < -0.4 is 0 Å². The number of hydrogen-bond donors (Lipinski definition) is 0. The first-order valence-corrected chi connectivity index (χ1v) is 7.41. The van der Waals surface area contributed by atoms with E-state index in [1.807, 2.05) is 17.9 Å². The van der Waals surface area contributed by atoms with Crippen molar-refractivity contribution in [3.63, 3.8) is 0 Å². The third kappa shape index (κ3) is 3.40. The minimum atomic E-state index is -0.412. The first kappa shape index (κ1) is 15.5. The molecule has 0 N–H and O–H groups in total. The van der Waals surface area contributed by atoms with Gasteiger partial charge in [0, 0.05) is 32.0 Å². The zero-order valence-electron chi connectivity index (χ0n) is 13.2. The standard InChI is InChI=1S/C16H23N3O2/c1-11(2)10-18-5-6-19(13(4)15(18)20)16(21)14-7-12(3)8-17-9-14/h7-9,11,13H,5-6,10H2,1-4H3/t13-/m1/s1. The van der Waals surface area contributed by atoms with Crippen molar-refractivity contribution in [1.82, 2.24) is 14.8 Å². The molecule has 2 heterocycles. The molecule has 0 unspecified atom stereocenters. The second kappa shape index (κ2) is 6.24. The van der Waals surface area contributed by atoms with E-state index in [9.17, 15) is 9.59 Å². The number of aromatic nitrogens is 1. The quantitative estimate of drug-likeness (QED) is 0.851. The summed E-state index contributed by atoms with van der Waals surface area (Å²) in [6.07, 6.45) is 3.28. The van der Waals surface area contributed by atoms with Crippen molar-refractivity contribution < 1.29 is 9.59 Å². The summed E-state index contributed by atoms with van der Waals surface area (Å²) in [4.78, 5) is 32.5. The molecule has 0 aromatic carbocycles. The number of carbonyl (C=O) groups excluding carboxylic acids is 2. The number of nitrogens with zero attached hydrogens (tertiary/aromatic N) is 3. The lowest BCUT2D eigenvalue weighted by atomic mass is 10.1. The van der Waals surface area contributed by atoms with Crippen molar-refractivity contribution in [2.24, 2.45) is 5.92 Å². The van der Waals surface area contributed by atoms with Gasteiger partial charge in [0.05, 0.1) is 5.56 Å². The normalized spacial score (nSPS) is 19.3. The fourth-order valence-corrected chi connectivity index (χ4v) is 2.67. The Kier molecular flexibility index (Phi) is 4.60. The van der Waals surface area contributed by atoms with Crippen molar-refractivity contribution in [3.05, 3.63) is 29.6 Å². The molecule has 1 fully saturated rings. The number of hydrogen-bond acceptors (Lipinski definition) is 3. The van der Waals surface area contributed by atoms with Crippen LogP contribution >= 0.6 is 0 Å². The van der Waals surface area contributed by atoms with Crippen LogP contribution in [-0.4, -0.2) is 52.3 Å². The van der Waals surface area contributed by atoms with Gasteiger partial charge in [0.25, 0.3) is 5.91 Å². The maximum Gasteiger partial charge on any atom is 0.256 e. The predicted molar refractivity (Wildman–Crippen MR) is 80.9 cm³/mol. The first-order valence-electron chi connectivity index (χ1n) is 7.41. The van der Waals surface area contributed by atoms with E-state index in [0.29, 0.717) is 24.6 Å². The van der Waals surface area contributed by atoms with Crippen LogP contribution in [0.25, 0.3) is 0 Å². The second-order valence-electron chi connectivity index (χ2n) is 6.10. The molecule has 114 valence electrons. The molecule has 21 heavy (non-hydrogen) atoms. The van der Waals surface area contributed by atoms with Crippen LogP contribution in [0.3, 0.4) is 0 Å². The lowest BCUT2D eigenvalue weighted by molar-refractivity contribution is -0.140. The van der Waals surface area contributed by atoms with Gasteiger partial charge in [-0.3, -0.25) is 14.6 Å². The van der Waals surface area contributed by atoms with Crippen LogP contribution in [0, 0.1) is 12.8 Å². The minimum Gasteiger partial charge on any atom is -0.339 e. The third-order valence-corrected chi connectivity index (χ3v) is 3.72. The monoisotopic (exact) mass is 289 g/mol. The molecule has 2 amide bonds. The summed E-state index contributed by atoms with van der Waals surface area (Å²) >= 11 is 0. The van der Waals surface area contributed by atoms with Crippen LogP contribution in [0.2, 0.25) is 0 Å². The Morgan fingerprint density at radius 2 is 2.10 bits per heavy atom. The molecule has 0 aliphatic carbocycles. The van der Waals surface area contributed by atoms with Crippen molar-refractivity contribution in [3.8, 4) is 0 Å². The van der Waals surface area contributed by atoms with Gasteiger partial charge >= 0.3 is 0 Å². The topological polar surface area (TPSA) is 53.5 Å². The van der Waals surface area contributed by atoms with Gasteiger partial charge in [0.2, 0.25) is 5.91 Å². The van der Waals surface area contributed by atoms with Crippen molar-refractivity contribution >= 4 is 11.8 Å². The van der Waals surface area contributed by atoms with Gasteiger partial charge < -0.3 is 9.80 Å². The first-order chi connectivity index (χ1) is 9.90. The van der Waals surface area contributed by atoms with Crippen LogP contribution in [-0.2, 0) is 4.79 Å². The summed E-state index contributed by atoms with van der Waals surface area (Å²) in [5, 5.41) is 0. The van der Waals surface area contributed by atoms with E-state index >= 15 is 0 Å². The van der Waals surface area contributed by atoms with Gasteiger partial charge in [0.15, 0.2) is 0 Å². The van der Waals surface area contributed by atoms with Gasteiger partial charge in [0.1, 0.15) is 6.04 Å². The molecule has 1 saturated heterocycles. The average molecular weight is 289 g/mol. The lowest BCUT2D eigenvalue weighted by Gasteiger charge is -2.39. The highest BCUT2D eigenvalue weighted by atomic mass is 16.2. The summed E-state index contributed by atoms with van der Waals surface area (Å²) in [5.74, 6) is 0.351. The molecule has 0 bridgehead atoms. The zero-order valence-corrected chi connectivity index (χ0v) is 13.2. The van der Waals surface area contributed by atoms with Crippen molar-refractivity contribution in [1.29, 1.82) is 0 Å². The van der Waals surface area contributed by atoms with Crippen molar-refractivity contribution in [2.75, 3.05) is 19.6 Å². The number of pyridine rings is 1. The number of rotatable bonds is 3. The predicted octanol–water partition coefficient (Wildman–Crippen LogP) is 1.72. The van der Waals surface area contributed by atoms with Gasteiger partial charge in [-0.2, -0.15) is 0 Å². The molecule has 5 nitrogen and oxygen atoms in total. The number of piperazine rings is 1. The maximum absolute atomic E-state index is 12.6. The van der Waals surface area contributed by atoms with Gasteiger partial charge in [-0.05, 0) is 31.4 Å². The molecule has 0 radical (unpaired) electrons. The molecule has 2 rings (SSSR count). The molecule has 1 aliphatic rings. The van der Waals surface area contributed by atoms with Crippen LogP contribution in [0.4, 0.5) is 0 Å². The maximum atomic E-state index is 12.6. The molecule has 1 atom stereocenters. The van der Waals surface area contributed by atoms with E-state index in [1.54, 1.807) is 24.2 Å². The molecule has 1 aliphatic heterocycles. The van der Waals surface area contributed by atoms with E-state index in [4.69, 9.17) is 0 Å². The Balaban J connectivity index is 2.12. The fourth-order valence-electron chi connectivity index (χ4n) is 2.67. The summed E-state index contributed by atoms with van der Waals surface area (Å²) in [7, 11) is 0.